The summed E-state index contributed by atoms with van der Waals surface area (Å²) in [6, 6.07) is 6.11. The number of aryl methyl sites for hydroxylation is 2. The Morgan fingerprint density at radius 3 is 2.58 bits per heavy atom. The van der Waals surface area contributed by atoms with Crippen LogP contribution in [0.25, 0.3) is 0 Å². The number of anilines is 1. The van der Waals surface area contributed by atoms with E-state index in [1.807, 2.05) is 26.0 Å². The lowest BCUT2D eigenvalue weighted by molar-refractivity contribution is -0.121. The van der Waals surface area contributed by atoms with Gasteiger partial charge in [-0.15, -0.1) is 0 Å². The first-order valence-electron chi connectivity index (χ1n) is 7.04. The fourth-order valence-corrected chi connectivity index (χ4v) is 2.20. The average molecular weight is 262 g/mol. The smallest absolute Gasteiger partial charge is 0.227 e. The Kier molecular flexibility index (Phi) is 6.03. The van der Waals surface area contributed by atoms with Crippen molar-refractivity contribution in [2.45, 2.75) is 40.5 Å². The molecule has 0 aliphatic rings. The van der Waals surface area contributed by atoms with Gasteiger partial charge in [0.05, 0.1) is 0 Å². The molecule has 0 saturated heterocycles. The number of hydrogen-bond acceptors (Lipinski definition) is 2. The second-order valence-corrected chi connectivity index (χ2v) is 5.59. The molecule has 3 nitrogen and oxygen atoms in total. The molecule has 1 aromatic rings. The van der Waals surface area contributed by atoms with E-state index in [2.05, 4.69) is 25.2 Å². The number of carbonyl (C=O) groups is 1. The van der Waals surface area contributed by atoms with Crippen LogP contribution in [0.1, 0.15) is 37.8 Å². The van der Waals surface area contributed by atoms with E-state index in [0.29, 0.717) is 12.5 Å². The Morgan fingerprint density at radius 1 is 1.32 bits per heavy atom. The number of amides is 1. The van der Waals surface area contributed by atoms with Gasteiger partial charge in [-0.1, -0.05) is 26.0 Å². The molecule has 0 aliphatic heterocycles. The van der Waals surface area contributed by atoms with Gasteiger partial charge in [-0.25, -0.2) is 0 Å². The monoisotopic (exact) mass is 262 g/mol. The van der Waals surface area contributed by atoms with E-state index in [1.54, 1.807) is 0 Å². The summed E-state index contributed by atoms with van der Waals surface area (Å²) in [6.07, 6.45) is 1.74. The van der Waals surface area contributed by atoms with Crippen molar-refractivity contribution in [1.29, 1.82) is 0 Å². The number of nitrogens with two attached hydrogens (primary N) is 1. The first kappa shape index (κ1) is 15.7. The van der Waals surface area contributed by atoms with Crippen molar-refractivity contribution >= 4 is 11.6 Å². The van der Waals surface area contributed by atoms with Gasteiger partial charge in [-0.3, -0.25) is 4.79 Å². The van der Waals surface area contributed by atoms with Gasteiger partial charge in [-0.2, -0.15) is 0 Å². The minimum Gasteiger partial charge on any atom is -0.330 e. The van der Waals surface area contributed by atoms with Gasteiger partial charge in [0.25, 0.3) is 0 Å². The highest BCUT2D eigenvalue weighted by Crippen LogP contribution is 2.22. The quantitative estimate of drug-likeness (QED) is 0.826. The largest absolute Gasteiger partial charge is 0.330 e. The normalized spacial score (nSPS) is 12.5. The molecule has 0 bridgehead atoms. The van der Waals surface area contributed by atoms with E-state index in [0.717, 1.165) is 29.7 Å². The summed E-state index contributed by atoms with van der Waals surface area (Å²) in [5.41, 5.74) is 8.72. The van der Waals surface area contributed by atoms with E-state index in [-0.39, 0.29) is 11.8 Å². The van der Waals surface area contributed by atoms with Crippen LogP contribution in [0, 0.1) is 25.7 Å². The maximum Gasteiger partial charge on any atom is 0.227 e. The van der Waals surface area contributed by atoms with Crippen LogP contribution in [0.3, 0.4) is 0 Å². The fourth-order valence-electron chi connectivity index (χ4n) is 2.20. The molecule has 1 rings (SSSR count). The molecule has 0 radical (unpaired) electrons. The maximum atomic E-state index is 12.4. The minimum atomic E-state index is 0.0310. The van der Waals surface area contributed by atoms with Crippen molar-refractivity contribution in [1.82, 2.24) is 0 Å². The first-order valence-corrected chi connectivity index (χ1v) is 7.04. The van der Waals surface area contributed by atoms with Gasteiger partial charge >= 0.3 is 0 Å². The zero-order valence-electron chi connectivity index (χ0n) is 12.5. The Bertz CT molecular complexity index is 427. The Balaban J connectivity index is 2.78. The van der Waals surface area contributed by atoms with Gasteiger partial charge in [-0.05, 0) is 56.3 Å². The predicted octanol–water partition coefficient (Wildman–Crippen LogP) is 3.25. The van der Waals surface area contributed by atoms with Crippen LogP contribution in [0.2, 0.25) is 0 Å². The molecular weight excluding hydrogens is 236 g/mol. The molecule has 1 atom stereocenters. The fraction of sp³-hybridized carbons (Fsp3) is 0.562. The summed E-state index contributed by atoms with van der Waals surface area (Å²) in [4.78, 5) is 12.4. The molecular formula is C16H26N2O. The van der Waals surface area contributed by atoms with E-state index < -0.39 is 0 Å². The van der Waals surface area contributed by atoms with Gasteiger partial charge in [0.2, 0.25) is 5.91 Å². The molecule has 0 saturated carbocycles. The zero-order valence-corrected chi connectivity index (χ0v) is 12.5. The number of benzene rings is 1. The highest BCUT2D eigenvalue weighted by molar-refractivity contribution is 5.93. The van der Waals surface area contributed by atoms with Gasteiger partial charge in [0.15, 0.2) is 0 Å². The standard InChI is InChI=1S/C16H26N2O/c1-11(2)14(6-5-9-17)16(19)18-15-10-12(3)7-8-13(15)4/h7-8,10-11,14H,5-6,9,17H2,1-4H3,(H,18,19). The second-order valence-electron chi connectivity index (χ2n) is 5.59. The molecule has 0 fully saturated rings. The summed E-state index contributed by atoms with van der Waals surface area (Å²) in [5, 5.41) is 3.06. The van der Waals surface area contributed by atoms with Crippen LogP contribution in [0.5, 0.6) is 0 Å². The summed E-state index contributed by atoms with van der Waals surface area (Å²) in [6.45, 7) is 8.86. The summed E-state index contributed by atoms with van der Waals surface area (Å²) < 4.78 is 0. The van der Waals surface area contributed by atoms with Crippen LogP contribution in [0.4, 0.5) is 5.69 Å². The van der Waals surface area contributed by atoms with Crippen molar-refractivity contribution < 1.29 is 4.79 Å². The van der Waals surface area contributed by atoms with Gasteiger partial charge < -0.3 is 11.1 Å². The molecule has 19 heavy (non-hydrogen) atoms. The molecule has 1 aromatic carbocycles. The lowest BCUT2D eigenvalue weighted by atomic mass is 9.90. The minimum absolute atomic E-state index is 0.0310. The lowest BCUT2D eigenvalue weighted by Crippen LogP contribution is -2.28. The van der Waals surface area contributed by atoms with Crippen molar-refractivity contribution in [3.8, 4) is 0 Å². The SMILES string of the molecule is Cc1ccc(C)c(NC(=O)C(CCCN)C(C)C)c1. The second kappa shape index (κ2) is 7.29. The van der Waals surface area contributed by atoms with E-state index in [1.165, 1.54) is 0 Å². The van der Waals surface area contributed by atoms with E-state index >= 15 is 0 Å². The van der Waals surface area contributed by atoms with E-state index in [4.69, 9.17) is 5.73 Å². The molecule has 3 heteroatoms. The molecule has 106 valence electrons. The van der Waals surface area contributed by atoms with Gasteiger partial charge in [0, 0.05) is 11.6 Å². The first-order chi connectivity index (χ1) is 8.95. The van der Waals surface area contributed by atoms with Crippen LogP contribution in [0.15, 0.2) is 18.2 Å². The summed E-state index contributed by atoms with van der Waals surface area (Å²) >= 11 is 0. The average Bonchev–Trinajstić information content (AvgIpc) is 2.34. The van der Waals surface area contributed by atoms with Crippen molar-refractivity contribution in [2.24, 2.45) is 17.6 Å². The molecule has 0 aliphatic carbocycles. The van der Waals surface area contributed by atoms with Crippen LogP contribution in [-0.4, -0.2) is 12.5 Å². The molecule has 0 heterocycles. The third kappa shape index (κ3) is 4.67. The number of nitrogens with one attached hydrogen (secondary N) is 1. The Hall–Kier alpha value is -1.35. The molecule has 3 N–H and O–H groups in total. The molecule has 1 unspecified atom stereocenters. The maximum absolute atomic E-state index is 12.4. The predicted molar refractivity (Wildman–Crippen MR) is 81.2 cm³/mol. The topological polar surface area (TPSA) is 55.1 Å². The van der Waals surface area contributed by atoms with Crippen LogP contribution < -0.4 is 11.1 Å². The van der Waals surface area contributed by atoms with Crippen molar-refractivity contribution in [3.63, 3.8) is 0 Å². The Morgan fingerprint density at radius 2 is 2.00 bits per heavy atom. The van der Waals surface area contributed by atoms with Crippen molar-refractivity contribution in [2.75, 3.05) is 11.9 Å². The van der Waals surface area contributed by atoms with E-state index in [9.17, 15) is 4.79 Å². The zero-order chi connectivity index (χ0) is 14.4. The molecule has 0 aromatic heterocycles. The number of rotatable bonds is 6. The van der Waals surface area contributed by atoms with Crippen molar-refractivity contribution in [3.05, 3.63) is 29.3 Å². The van der Waals surface area contributed by atoms with Crippen LogP contribution in [-0.2, 0) is 4.79 Å². The lowest BCUT2D eigenvalue weighted by Gasteiger charge is -2.20. The Labute approximate surface area is 116 Å². The summed E-state index contributed by atoms with van der Waals surface area (Å²) in [5.74, 6) is 0.470. The number of carbonyl (C=O) groups excluding carboxylic acids is 1. The molecule has 1 amide bonds. The molecule has 0 spiro atoms. The van der Waals surface area contributed by atoms with Crippen LogP contribution >= 0.6 is 0 Å². The number of hydrogen-bond donors (Lipinski definition) is 2. The highest BCUT2D eigenvalue weighted by atomic mass is 16.1. The highest BCUT2D eigenvalue weighted by Gasteiger charge is 2.21. The third-order valence-electron chi connectivity index (χ3n) is 3.51. The summed E-state index contributed by atoms with van der Waals surface area (Å²) in [7, 11) is 0. The van der Waals surface area contributed by atoms with Gasteiger partial charge in [0.1, 0.15) is 0 Å². The third-order valence-corrected chi connectivity index (χ3v) is 3.51.